The molecule has 0 bridgehead atoms. The summed E-state index contributed by atoms with van der Waals surface area (Å²) in [5, 5.41) is 2.87. The van der Waals surface area contributed by atoms with Gasteiger partial charge in [-0.1, -0.05) is 79.8 Å². The minimum Gasteiger partial charge on any atom is -0.458 e. The quantitative estimate of drug-likeness (QED) is 0.209. The average Bonchev–Trinajstić information content (AvgIpc) is 3.05. The third kappa shape index (κ3) is 3.03. The molecular formula is C38H27BN2O2Si. The van der Waals surface area contributed by atoms with Crippen LogP contribution in [0.15, 0.2) is 127 Å². The molecule has 0 aliphatic carbocycles. The Balaban J connectivity index is 1.22. The van der Waals surface area contributed by atoms with Crippen LogP contribution in [0.4, 0.5) is 34.1 Å². The molecule has 0 unspecified atom stereocenters. The lowest BCUT2D eigenvalue weighted by Gasteiger charge is -2.44. The maximum Gasteiger partial charge on any atom is 0.266 e. The summed E-state index contributed by atoms with van der Waals surface area (Å²) in [6.07, 6.45) is 0. The lowest BCUT2D eigenvalue weighted by Crippen LogP contribution is -2.61. The van der Waals surface area contributed by atoms with E-state index in [-0.39, 0.29) is 6.71 Å². The second-order valence-electron chi connectivity index (χ2n) is 12.5. The van der Waals surface area contributed by atoms with Crippen LogP contribution in [0.5, 0.6) is 23.0 Å². The van der Waals surface area contributed by atoms with Gasteiger partial charge in [0.05, 0.1) is 5.69 Å². The van der Waals surface area contributed by atoms with Crippen molar-refractivity contribution in [2.45, 2.75) is 13.1 Å². The van der Waals surface area contributed by atoms with Crippen molar-refractivity contribution in [2.75, 3.05) is 9.80 Å². The molecule has 0 aromatic heterocycles. The van der Waals surface area contributed by atoms with Gasteiger partial charge in [-0.15, -0.1) is 0 Å². The maximum absolute atomic E-state index is 6.86. The van der Waals surface area contributed by atoms with Crippen LogP contribution in [0, 0.1) is 0 Å². The summed E-state index contributed by atoms with van der Waals surface area (Å²) in [6, 6.07) is 45.7. The summed E-state index contributed by atoms with van der Waals surface area (Å²) in [6.45, 7) is 4.94. The van der Waals surface area contributed by atoms with Gasteiger partial charge < -0.3 is 19.3 Å². The highest BCUT2D eigenvalue weighted by Gasteiger charge is 2.48. The molecule has 0 atom stereocenters. The number of ether oxygens (including phenoxy) is 2. The Kier molecular flexibility index (Phi) is 4.66. The fourth-order valence-electron chi connectivity index (χ4n) is 7.99. The van der Waals surface area contributed by atoms with Crippen LogP contribution in [-0.4, -0.2) is 14.8 Å². The minimum atomic E-state index is -1.90. The minimum absolute atomic E-state index is 0.0289. The summed E-state index contributed by atoms with van der Waals surface area (Å²) in [7, 11) is -1.90. The molecule has 0 amide bonds. The van der Waals surface area contributed by atoms with Crippen molar-refractivity contribution in [3.63, 3.8) is 0 Å². The lowest BCUT2D eigenvalue weighted by atomic mass is 9.33. The van der Waals surface area contributed by atoms with Crippen molar-refractivity contribution in [2.24, 2.45) is 0 Å². The van der Waals surface area contributed by atoms with Gasteiger partial charge in [-0.25, -0.2) is 0 Å². The molecule has 0 spiro atoms. The number of benzene rings is 6. The highest BCUT2D eigenvalue weighted by molar-refractivity contribution is 7.03. The van der Waals surface area contributed by atoms with Crippen LogP contribution >= 0.6 is 0 Å². The molecule has 10 rings (SSSR count). The SMILES string of the molecule is C[Si]1(C)c2ccccc2N(c2cc3c4c(c2)Oc2cccc5c2B4c2c(cccc2N5c2ccccc2)O3)c2ccccc21. The summed E-state index contributed by atoms with van der Waals surface area (Å²) in [5.41, 5.74) is 10.4. The van der Waals surface area contributed by atoms with Gasteiger partial charge in [0.15, 0.2) is 0 Å². The van der Waals surface area contributed by atoms with Crippen molar-refractivity contribution in [1.82, 2.24) is 0 Å². The molecule has 4 heterocycles. The fourth-order valence-corrected chi connectivity index (χ4v) is 11.0. The number of para-hydroxylation sites is 3. The van der Waals surface area contributed by atoms with E-state index in [0.29, 0.717) is 0 Å². The van der Waals surface area contributed by atoms with Gasteiger partial charge in [0.1, 0.15) is 31.1 Å². The van der Waals surface area contributed by atoms with Crippen LogP contribution in [0.25, 0.3) is 0 Å². The first kappa shape index (κ1) is 24.3. The van der Waals surface area contributed by atoms with E-state index in [2.05, 4.69) is 150 Å². The van der Waals surface area contributed by atoms with Gasteiger partial charge in [-0.05, 0) is 69.8 Å². The first-order valence-electron chi connectivity index (χ1n) is 15.2. The molecule has 4 nitrogen and oxygen atoms in total. The molecule has 44 heavy (non-hydrogen) atoms. The van der Waals surface area contributed by atoms with E-state index in [1.807, 2.05) is 0 Å². The Morgan fingerprint density at radius 2 is 0.932 bits per heavy atom. The third-order valence-electron chi connectivity index (χ3n) is 9.87. The molecule has 4 aliphatic heterocycles. The zero-order chi connectivity index (χ0) is 29.2. The van der Waals surface area contributed by atoms with E-state index in [1.165, 1.54) is 32.7 Å². The molecule has 0 saturated heterocycles. The van der Waals surface area contributed by atoms with Crippen LogP contribution in [0.1, 0.15) is 0 Å². The van der Waals surface area contributed by atoms with E-state index in [0.717, 1.165) is 51.2 Å². The smallest absolute Gasteiger partial charge is 0.266 e. The standard InChI is InChI=1S/C38H27BN2O2Si/c1-44(2)34-20-8-6-14-26(34)41(27-15-7-9-21-35(27)44)25-22-32-38-33(23-25)43-31-19-11-17-29-37(31)39(38)36-28(16-10-18-30(36)42-32)40(29)24-12-4-3-5-13-24/h3-23H,1-2H3. The average molecular weight is 583 g/mol. The Morgan fingerprint density at radius 1 is 0.455 bits per heavy atom. The molecule has 6 aromatic rings. The number of fused-ring (bicyclic) bond motifs is 2. The van der Waals surface area contributed by atoms with Crippen molar-refractivity contribution in [3.8, 4) is 23.0 Å². The second kappa shape index (κ2) is 8.46. The van der Waals surface area contributed by atoms with Crippen molar-refractivity contribution < 1.29 is 9.47 Å². The van der Waals surface area contributed by atoms with Gasteiger partial charge in [0.25, 0.3) is 6.71 Å². The van der Waals surface area contributed by atoms with E-state index in [4.69, 9.17) is 9.47 Å². The van der Waals surface area contributed by atoms with E-state index in [9.17, 15) is 0 Å². The summed E-state index contributed by atoms with van der Waals surface area (Å²) >= 11 is 0. The zero-order valence-electron chi connectivity index (χ0n) is 24.4. The van der Waals surface area contributed by atoms with Gasteiger partial charge in [0.2, 0.25) is 0 Å². The van der Waals surface area contributed by atoms with Gasteiger partial charge in [-0.2, -0.15) is 0 Å². The Bertz CT molecular complexity index is 2070. The number of nitrogens with zero attached hydrogens (tertiary/aromatic N) is 2. The van der Waals surface area contributed by atoms with Crippen molar-refractivity contribution in [1.29, 1.82) is 0 Å². The monoisotopic (exact) mass is 582 g/mol. The van der Waals surface area contributed by atoms with Crippen LogP contribution < -0.4 is 46.0 Å². The van der Waals surface area contributed by atoms with Gasteiger partial charge in [-0.3, -0.25) is 0 Å². The molecule has 0 fully saturated rings. The number of anilines is 6. The summed E-state index contributed by atoms with van der Waals surface area (Å²) in [5.74, 6) is 3.52. The number of hydrogen-bond acceptors (Lipinski definition) is 4. The van der Waals surface area contributed by atoms with Crippen LogP contribution in [0.3, 0.4) is 0 Å². The number of rotatable bonds is 2. The molecule has 4 aliphatic rings. The summed E-state index contributed by atoms with van der Waals surface area (Å²) in [4.78, 5) is 4.75. The molecular weight excluding hydrogens is 555 g/mol. The zero-order valence-corrected chi connectivity index (χ0v) is 25.4. The van der Waals surface area contributed by atoms with E-state index >= 15 is 0 Å². The van der Waals surface area contributed by atoms with Gasteiger partial charge >= 0.3 is 0 Å². The Hall–Kier alpha value is -5.20. The molecule has 0 N–H and O–H groups in total. The molecule has 6 aromatic carbocycles. The third-order valence-corrected chi connectivity index (χ3v) is 13.4. The highest BCUT2D eigenvalue weighted by atomic mass is 28.3. The molecule has 6 heteroatoms. The van der Waals surface area contributed by atoms with Crippen molar-refractivity contribution in [3.05, 3.63) is 127 Å². The molecule has 0 radical (unpaired) electrons. The predicted octanol–water partition coefficient (Wildman–Crippen LogP) is 6.80. The summed E-state index contributed by atoms with van der Waals surface area (Å²) < 4.78 is 13.7. The lowest BCUT2D eigenvalue weighted by molar-refractivity contribution is 0.464. The topological polar surface area (TPSA) is 24.9 Å². The Morgan fingerprint density at radius 3 is 1.50 bits per heavy atom. The maximum atomic E-state index is 6.86. The fraction of sp³-hybridized carbons (Fsp3) is 0.0526. The number of hydrogen-bond donors (Lipinski definition) is 0. The predicted molar refractivity (Wildman–Crippen MR) is 184 cm³/mol. The van der Waals surface area contributed by atoms with E-state index in [1.54, 1.807) is 0 Å². The molecule has 208 valence electrons. The normalized spacial score (nSPS) is 15.5. The molecule has 0 saturated carbocycles. The van der Waals surface area contributed by atoms with Crippen molar-refractivity contribution >= 4 is 75.7 Å². The first-order valence-corrected chi connectivity index (χ1v) is 18.2. The van der Waals surface area contributed by atoms with Gasteiger partial charge in [0, 0.05) is 46.0 Å². The van der Waals surface area contributed by atoms with E-state index < -0.39 is 8.07 Å². The van der Waals surface area contributed by atoms with Crippen LogP contribution in [-0.2, 0) is 0 Å². The largest absolute Gasteiger partial charge is 0.458 e. The Labute approximate surface area is 257 Å². The highest BCUT2D eigenvalue weighted by Crippen LogP contribution is 2.48. The second-order valence-corrected chi connectivity index (χ2v) is 16.9. The first-order chi connectivity index (χ1) is 21.6. The van der Waals surface area contributed by atoms with Crippen LogP contribution in [0.2, 0.25) is 13.1 Å².